The molecule has 3 aromatic carbocycles. The van der Waals surface area contributed by atoms with E-state index in [0.717, 1.165) is 40.7 Å². The Balaban J connectivity index is 0.951. The molecule has 4 aliphatic rings. The van der Waals surface area contributed by atoms with Crippen molar-refractivity contribution in [1.82, 2.24) is 31.1 Å². The number of piperidine rings is 2. The maximum absolute atomic E-state index is 13.4. The zero-order chi connectivity index (χ0) is 39.1. The summed E-state index contributed by atoms with van der Waals surface area (Å²) in [6.45, 7) is 5.07. The predicted molar refractivity (Wildman–Crippen MR) is 203 cm³/mol. The standard InChI is InChI=1S/C41H48N6O8/c1-41(2,3)55-40(53)47-24-27-17-18-28(47)23-46(27)37(50)22-43-38(51)34(19-26-11-5-4-6-12-26)45-36(49)21-42-35(48)20-44-39(52)54-25-33-31-15-9-7-13-29(31)30-14-8-10-16-32(30)33/h4-16,27-28,33-34H,17-25H2,1-3H3,(H,42,48)(H,43,51)(H,44,52)(H,45,49)/t27-,28+,34+/m1/s1. The molecule has 4 N–H and O–H groups in total. The van der Waals surface area contributed by atoms with E-state index in [1.807, 2.05) is 99.6 Å². The van der Waals surface area contributed by atoms with Crippen LogP contribution in [0, 0.1) is 0 Å². The van der Waals surface area contributed by atoms with E-state index in [9.17, 15) is 28.8 Å². The number of carbonyl (C=O) groups excluding carboxylic acids is 6. The van der Waals surface area contributed by atoms with Gasteiger partial charge in [0.15, 0.2) is 0 Å². The highest BCUT2D eigenvalue weighted by molar-refractivity contribution is 5.93. The minimum absolute atomic E-state index is 0.0895. The van der Waals surface area contributed by atoms with Crippen molar-refractivity contribution in [3.8, 4) is 11.1 Å². The molecule has 3 heterocycles. The molecule has 3 saturated heterocycles. The molecule has 0 unspecified atom stereocenters. The van der Waals surface area contributed by atoms with Crippen molar-refractivity contribution in [2.75, 3.05) is 39.3 Å². The molecular weight excluding hydrogens is 704 g/mol. The summed E-state index contributed by atoms with van der Waals surface area (Å²) in [4.78, 5) is 80.8. The Bertz CT molecular complexity index is 1870. The summed E-state index contributed by atoms with van der Waals surface area (Å²) in [5, 5.41) is 10.2. The molecule has 3 atom stereocenters. The number of piperazine rings is 1. The van der Waals surface area contributed by atoms with Crippen LogP contribution >= 0.6 is 0 Å². The minimum atomic E-state index is -1.04. The van der Waals surface area contributed by atoms with Gasteiger partial charge in [-0.05, 0) is 61.4 Å². The van der Waals surface area contributed by atoms with Gasteiger partial charge in [-0.15, -0.1) is 0 Å². The molecule has 3 fully saturated rings. The number of rotatable bonds is 12. The van der Waals surface area contributed by atoms with Crippen LogP contribution in [-0.2, 0) is 35.1 Å². The fourth-order valence-electron chi connectivity index (χ4n) is 7.41. The summed E-state index contributed by atoms with van der Waals surface area (Å²) >= 11 is 0. The number of hydrogen-bond acceptors (Lipinski definition) is 8. The number of alkyl carbamates (subject to hydrolysis) is 1. The van der Waals surface area contributed by atoms with Gasteiger partial charge in [-0.2, -0.15) is 0 Å². The molecular formula is C41H48N6O8. The quantitative estimate of drug-likeness (QED) is 0.218. The van der Waals surface area contributed by atoms with Gasteiger partial charge in [0.1, 0.15) is 24.8 Å². The van der Waals surface area contributed by atoms with Crippen LogP contribution in [0.25, 0.3) is 11.1 Å². The monoisotopic (exact) mass is 752 g/mol. The normalized spacial score (nSPS) is 17.7. The Morgan fingerprint density at radius 1 is 0.709 bits per heavy atom. The van der Waals surface area contributed by atoms with Crippen molar-refractivity contribution < 1.29 is 38.2 Å². The Morgan fingerprint density at radius 3 is 1.91 bits per heavy atom. The number of hydrogen-bond donors (Lipinski definition) is 4. The van der Waals surface area contributed by atoms with Crippen LogP contribution in [0.3, 0.4) is 0 Å². The van der Waals surface area contributed by atoms with Crippen LogP contribution < -0.4 is 21.3 Å². The maximum atomic E-state index is 13.4. The van der Waals surface area contributed by atoms with Gasteiger partial charge in [0.05, 0.1) is 19.1 Å². The number of nitrogens with one attached hydrogen (secondary N) is 4. The Hall–Kier alpha value is -5.92. The summed E-state index contributed by atoms with van der Waals surface area (Å²) in [6.07, 6.45) is 0.471. The average Bonchev–Trinajstić information content (AvgIpc) is 3.50. The van der Waals surface area contributed by atoms with Crippen LogP contribution in [0.1, 0.15) is 56.2 Å². The van der Waals surface area contributed by atoms with Gasteiger partial charge in [0.2, 0.25) is 23.6 Å². The number of benzene rings is 3. The topological polar surface area (TPSA) is 175 Å². The lowest BCUT2D eigenvalue weighted by molar-refractivity contribution is -0.142. The maximum Gasteiger partial charge on any atom is 0.410 e. The van der Waals surface area contributed by atoms with Gasteiger partial charge in [-0.1, -0.05) is 78.9 Å². The van der Waals surface area contributed by atoms with Gasteiger partial charge in [0.25, 0.3) is 0 Å². The highest BCUT2D eigenvalue weighted by atomic mass is 16.6. The van der Waals surface area contributed by atoms with E-state index < -0.39 is 54.6 Å². The molecule has 7 rings (SSSR count). The third-order valence-electron chi connectivity index (χ3n) is 10.0. The van der Waals surface area contributed by atoms with Crippen LogP contribution in [0.5, 0.6) is 0 Å². The predicted octanol–water partition coefficient (Wildman–Crippen LogP) is 3.10. The van der Waals surface area contributed by atoms with E-state index in [2.05, 4.69) is 21.3 Å². The number of ether oxygens (including phenoxy) is 2. The lowest BCUT2D eigenvalue weighted by atomic mass is 9.91. The minimum Gasteiger partial charge on any atom is -0.449 e. The Labute approximate surface area is 320 Å². The average molecular weight is 753 g/mol. The van der Waals surface area contributed by atoms with E-state index in [0.29, 0.717) is 13.1 Å². The van der Waals surface area contributed by atoms with Crippen molar-refractivity contribution in [3.63, 3.8) is 0 Å². The lowest BCUT2D eigenvalue weighted by Crippen LogP contribution is -2.66. The van der Waals surface area contributed by atoms with Crippen LogP contribution in [0.2, 0.25) is 0 Å². The smallest absolute Gasteiger partial charge is 0.410 e. The highest BCUT2D eigenvalue weighted by Gasteiger charge is 2.44. The summed E-state index contributed by atoms with van der Waals surface area (Å²) in [5.41, 5.74) is 4.47. The summed E-state index contributed by atoms with van der Waals surface area (Å²) in [6, 6.07) is 23.6. The summed E-state index contributed by atoms with van der Waals surface area (Å²) < 4.78 is 11.0. The Kier molecular flexibility index (Phi) is 12.0. The third-order valence-corrected chi connectivity index (χ3v) is 10.0. The van der Waals surface area contributed by atoms with Crippen molar-refractivity contribution >= 4 is 35.8 Å². The zero-order valence-corrected chi connectivity index (χ0v) is 31.3. The second-order valence-corrected chi connectivity index (χ2v) is 15.0. The first-order valence-corrected chi connectivity index (χ1v) is 18.6. The van der Waals surface area contributed by atoms with Crippen molar-refractivity contribution in [2.45, 2.75) is 69.7 Å². The first kappa shape index (κ1) is 38.8. The van der Waals surface area contributed by atoms with Crippen LogP contribution in [0.15, 0.2) is 78.9 Å². The number of nitrogens with zero attached hydrogens (tertiary/aromatic N) is 2. The van der Waals surface area contributed by atoms with E-state index in [1.165, 1.54) is 0 Å². The van der Waals surface area contributed by atoms with Gasteiger partial charge < -0.3 is 40.5 Å². The van der Waals surface area contributed by atoms with Gasteiger partial charge in [-0.3, -0.25) is 19.2 Å². The molecule has 14 heteroatoms. The fraction of sp³-hybridized carbons (Fsp3) is 0.415. The molecule has 0 saturated carbocycles. The Morgan fingerprint density at radius 2 is 1.29 bits per heavy atom. The first-order chi connectivity index (χ1) is 26.4. The zero-order valence-electron chi connectivity index (χ0n) is 31.3. The fourth-order valence-corrected chi connectivity index (χ4v) is 7.41. The van der Waals surface area contributed by atoms with Crippen LogP contribution in [-0.4, -0.2) is 109 Å². The number of amides is 6. The second-order valence-electron chi connectivity index (χ2n) is 15.0. The summed E-state index contributed by atoms with van der Waals surface area (Å²) in [7, 11) is 0. The molecule has 290 valence electrons. The second kappa shape index (κ2) is 17.0. The molecule has 3 aromatic rings. The molecule has 55 heavy (non-hydrogen) atoms. The van der Waals surface area contributed by atoms with E-state index in [-0.39, 0.29) is 43.5 Å². The molecule has 6 amide bonds. The van der Waals surface area contributed by atoms with Crippen molar-refractivity contribution in [3.05, 3.63) is 95.6 Å². The van der Waals surface area contributed by atoms with Gasteiger partial charge >= 0.3 is 12.2 Å². The van der Waals surface area contributed by atoms with Crippen LogP contribution in [0.4, 0.5) is 9.59 Å². The van der Waals surface area contributed by atoms with Crippen molar-refractivity contribution in [1.29, 1.82) is 0 Å². The first-order valence-electron chi connectivity index (χ1n) is 18.6. The SMILES string of the molecule is CC(C)(C)OC(=O)N1C[C@H]2CC[C@H]1CN2C(=O)CNC(=O)[C@H](Cc1ccccc1)NC(=O)CNC(=O)CNC(=O)OCC1c2ccccc2-c2ccccc21. The number of fused-ring (bicyclic) bond motifs is 6. The van der Waals surface area contributed by atoms with Gasteiger partial charge in [-0.25, -0.2) is 9.59 Å². The lowest BCUT2D eigenvalue weighted by Gasteiger charge is -2.51. The molecule has 0 aromatic heterocycles. The molecule has 2 bridgehead atoms. The molecule has 0 spiro atoms. The van der Waals surface area contributed by atoms with Crippen molar-refractivity contribution in [2.24, 2.45) is 0 Å². The molecule has 1 aliphatic carbocycles. The summed E-state index contributed by atoms with van der Waals surface area (Å²) in [5.74, 6) is -2.24. The molecule has 3 aliphatic heterocycles. The third kappa shape index (κ3) is 9.80. The van der Waals surface area contributed by atoms with Gasteiger partial charge in [0, 0.05) is 31.5 Å². The van der Waals surface area contributed by atoms with E-state index in [1.54, 1.807) is 9.80 Å². The van der Waals surface area contributed by atoms with E-state index in [4.69, 9.17) is 9.47 Å². The molecule has 0 radical (unpaired) electrons. The highest BCUT2D eigenvalue weighted by Crippen LogP contribution is 2.44. The van der Waals surface area contributed by atoms with E-state index >= 15 is 0 Å². The molecule has 14 nitrogen and oxygen atoms in total. The largest absolute Gasteiger partial charge is 0.449 e. The number of carbonyl (C=O) groups is 6.